The van der Waals surface area contributed by atoms with Gasteiger partial charge in [0.15, 0.2) is 6.23 Å². The number of rotatable bonds is 3. The van der Waals surface area contributed by atoms with Crippen LogP contribution < -0.4 is 0 Å². The average molecular weight is 420 g/mol. The summed E-state index contributed by atoms with van der Waals surface area (Å²) in [6.07, 6.45) is 4.69. The highest BCUT2D eigenvalue weighted by Gasteiger charge is 2.25. The molecular weight excluding hydrogens is 404 g/mol. The Hall–Kier alpha value is -2.08. The van der Waals surface area contributed by atoms with E-state index in [4.69, 9.17) is 11.6 Å². The highest BCUT2D eigenvalue weighted by Crippen LogP contribution is 2.27. The molecule has 25 heavy (non-hydrogen) atoms. The topological polar surface area (TPSA) is 56.1 Å². The van der Waals surface area contributed by atoms with E-state index >= 15 is 0 Å². The van der Waals surface area contributed by atoms with Crippen LogP contribution in [0.2, 0.25) is 5.02 Å². The lowest BCUT2D eigenvalue weighted by Gasteiger charge is -2.16. The third-order valence-electron chi connectivity index (χ3n) is 3.80. The van der Waals surface area contributed by atoms with Crippen molar-refractivity contribution in [2.75, 3.05) is 7.05 Å². The minimum atomic E-state index is -0.827. The van der Waals surface area contributed by atoms with Crippen molar-refractivity contribution in [3.63, 3.8) is 0 Å². The standard InChI is InChI=1S/C19H16BrClN2O2/c1-23-18(8-6-12-3-2-4-14(21)9-12)22-16(19(23)25)11-13-5-7-17(24)15(20)10-13/h2-11,19,24-25H,1H3/b8-6+,16-11-. The van der Waals surface area contributed by atoms with Crippen molar-refractivity contribution in [3.05, 3.63) is 74.9 Å². The highest BCUT2D eigenvalue weighted by molar-refractivity contribution is 9.10. The second-order valence-electron chi connectivity index (χ2n) is 5.62. The van der Waals surface area contributed by atoms with Crippen LogP contribution in [0.15, 0.2) is 63.7 Å². The minimum absolute atomic E-state index is 0.167. The summed E-state index contributed by atoms with van der Waals surface area (Å²) in [6, 6.07) is 12.6. The van der Waals surface area contributed by atoms with Crippen molar-refractivity contribution in [2.45, 2.75) is 6.23 Å². The second kappa shape index (κ2) is 7.44. The van der Waals surface area contributed by atoms with Crippen LogP contribution in [0.5, 0.6) is 5.75 Å². The molecule has 1 atom stereocenters. The molecule has 2 N–H and O–H groups in total. The molecule has 0 saturated carbocycles. The maximum Gasteiger partial charge on any atom is 0.171 e. The Balaban J connectivity index is 1.86. The Bertz CT molecular complexity index is 893. The Kier molecular flexibility index (Phi) is 5.27. The molecule has 4 nitrogen and oxygen atoms in total. The number of amidine groups is 1. The maximum atomic E-state index is 10.4. The number of aliphatic imine (C=N–C) groups is 1. The molecule has 1 unspecified atom stereocenters. The van der Waals surface area contributed by atoms with Gasteiger partial charge in [0.2, 0.25) is 0 Å². The van der Waals surface area contributed by atoms with Crippen LogP contribution in [0, 0.1) is 0 Å². The first-order chi connectivity index (χ1) is 11.9. The molecule has 3 rings (SSSR count). The van der Waals surface area contributed by atoms with Gasteiger partial charge < -0.3 is 15.1 Å². The van der Waals surface area contributed by atoms with Gasteiger partial charge in [0.25, 0.3) is 0 Å². The number of halogens is 2. The van der Waals surface area contributed by atoms with Gasteiger partial charge in [-0.3, -0.25) is 0 Å². The van der Waals surface area contributed by atoms with Crippen molar-refractivity contribution >= 4 is 45.5 Å². The second-order valence-corrected chi connectivity index (χ2v) is 6.91. The molecule has 0 spiro atoms. The molecule has 0 radical (unpaired) electrons. The van der Waals surface area contributed by atoms with Gasteiger partial charge in [-0.05, 0) is 63.5 Å². The number of aliphatic hydroxyl groups excluding tert-OH is 1. The Morgan fingerprint density at radius 3 is 2.68 bits per heavy atom. The molecule has 2 aromatic rings. The molecule has 1 heterocycles. The number of aliphatic hydroxyl groups is 1. The zero-order valence-electron chi connectivity index (χ0n) is 13.4. The third-order valence-corrected chi connectivity index (χ3v) is 4.67. The number of benzene rings is 2. The summed E-state index contributed by atoms with van der Waals surface area (Å²) in [5.74, 6) is 0.816. The maximum absolute atomic E-state index is 10.4. The number of phenols is 1. The number of likely N-dealkylation sites (N-methyl/N-ethyl adjacent to an activating group) is 1. The smallest absolute Gasteiger partial charge is 0.171 e. The van der Waals surface area contributed by atoms with Gasteiger partial charge in [-0.1, -0.05) is 35.9 Å². The molecular formula is C19H16BrClN2O2. The van der Waals surface area contributed by atoms with Gasteiger partial charge in [0, 0.05) is 12.1 Å². The van der Waals surface area contributed by atoms with E-state index in [9.17, 15) is 10.2 Å². The Labute approximate surface area is 159 Å². The van der Waals surface area contributed by atoms with Gasteiger partial charge in [-0.25, -0.2) is 4.99 Å². The molecule has 2 aromatic carbocycles. The van der Waals surface area contributed by atoms with E-state index < -0.39 is 6.23 Å². The van der Waals surface area contributed by atoms with E-state index in [1.54, 1.807) is 36.2 Å². The van der Waals surface area contributed by atoms with Crippen molar-refractivity contribution in [1.82, 2.24) is 4.90 Å². The molecule has 1 aliphatic heterocycles. The summed E-state index contributed by atoms with van der Waals surface area (Å²) in [5.41, 5.74) is 2.32. The molecule has 0 bridgehead atoms. The molecule has 0 amide bonds. The van der Waals surface area contributed by atoms with Crippen molar-refractivity contribution in [1.29, 1.82) is 0 Å². The lowest BCUT2D eigenvalue weighted by molar-refractivity contribution is 0.115. The van der Waals surface area contributed by atoms with Crippen molar-refractivity contribution in [2.24, 2.45) is 4.99 Å². The first-order valence-electron chi connectivity index (χ1n) is 7.57. The molecule has 0 aliphatic carbocycles. The quantitative estimate of drug-likeness (QED) is 0.769. The van der Waals surface area contributed by atoms with E-state index in [0.29, 0.717) is 21.0 Å². The van der Waals surface area contributed by atoms with Gasteiger partial charge in [0.1, 0.15) is 11.6 Å². The van der Waals surface area contributed by atoms with E-state index in [1.165, 1.54) is 0 Å². The van der Waals surface area contributed by atoms with Crippen LogP contribution in [0.1, 0.15) is 11.1 Å². The summed E-state index contributed by atoms with van der Waals surface area (Å²) in [4.78, 5) is 6.17. The fraction of sp³-hybridized carbons (Fsp3) is 0.105. The third kappa shape index (κ3) is 4.12. The van der Waals surface area contributed by atoms with Crippen LogP contribution in [0.4, 0.5) is 0 Å². The van der Waals surface area contributed by atoms with E-state index in [0.717, 1.165) is 11.1 Å². The molecule has 128 valence electrons. The van der Waals surface area contributed by atoms with Crippen LogP contribution in [-0.2, 0) is 0 Å². The summed E-state index contributed by atoms with van der Waals surface area (Å²) in [5, 5.41) is 20.6. The minimum Gasteiger partial charge on any atom is -0.507 e. The van der Waals surface area contributed by atoms with E-state index in [2.05, 4.69) is 20.9 Å². The largest absolute Gasteiger partial charge is 0.507 e. The number of nitrogens with zero attached hydrogens (tertiary/aromatic N) is 2. The predicted octanol–water partition coefficient (Wildman–Crippen LogP) is 4.52. The molecule has 1 aliphatic rings. The molecule has 0 aromatic heterocycles. The van der Waals surface area contributed by atoms with Crippen LogP contribution in [0.25, 0.3) is 12.2 Å². The van der Waals surface area contributed by atoms with Crippen LogP contribution >= 0.6 is 27.5 Å². The molecule has 0 saturated heterocycles. The van der Waals surface area contributed by atoms with Gasteiger partial charge in [-0.15, -0.1) is 0 Å². The van der Waals surface area contributed by atoms with Crippen molar-refractivity contribution < 1.29 is 10.2 Å². The number of phenolic OH excluding ortho intramolecular Hbond substituents is 1. The summed E-state index contributed by atoms with van der Waals surface area (Å²) >= 11 is 9.26. The Morgan fingerprint density at radius 1 is 1.16 bits per heavy atom. The highest BCUT2D eigenvalue weighted by atomic mass is 79.9. The average Bonchev–Trinajstić information content (AvgIpc) is 2.84. The molecule has 6 heteroatoms. The SMILES string of the molecule is CN1C(/C=C/c2cccc(Cl)c2)=NC(=C\c2ccc(O)c(Br)c2)/C1O. The summed E-state index contributed by atoms with van der Waals surface area (Å²) < 4.78 is 0.591. The first kappa shape index (κ1) is 17.7. The first-order valence-corrected chi connectivity index (χ1v) is 8.74. The zero-order valence-corrected chi connectivity index (χ0v) is 15.7. The normalized spacial score (nSPS) is 19.0. The summed E-state index contributed by atoms with van der Waals surface area (Å²) in [6.45, 7) is 0. The van der Waals surface area contributed by atoms with Gasteiger partial charge >= 0.3 is 0 Å². The zero-order chi connectivity index (χ0) is 18.0. The fourth-order valence-corrected chi connectivity index (χ4v) is 3.01. The monoisotopic (exact) mass is 418 g/mol. The van der Waals surface area contributed by atoms with E-state index in [1.807, 2.05) is 36.4 Å². The Morgan fingerprint density at radius 2 is 1.96 bits per heavy atom. The summed E-state index contributed by atoms with van der Waals surface area (Å²) in [7, 11) is 1.78. The molecule has 0 fully saturated rings. The number of aromatic hydroxyl groups is 1. The fourth-order valence-electron chi connectivity index (χ4n) is 2.42. The van der Waals surface area contributed by atoms with Gasteiger partial charge in [-0.2, -0.15) is 0 Å². The number of hydrogen-bond acceptors (Lipinski definition) is 4. The predicted molar refractivity (Wildman–Crippen MR) is 105 cm³/mol. The van der Waals surface area contributed by atoms with Crippen LogP contribution in [-0.4, -0.2) is 34.2 Å². The lowest BCUT2D eigenvalue weighted by Crippen LogP contribution is -2.30. The number of hydrogen-bond donors (Lipinski definition) is 2. The lowest BCUT2D eigenvalue weighted by atomic mass is 10.2. The van der Waals surface area contributed by atoms with Crippen molar-refractivity contribution in [3.8, 4) is 5.75 Å². The van der Waals surface area contributed by atoms with E-state index in [-0.39, 0.29) is 5.75 Å². The van der Waals surface area contributed by atoms with Gasteiger partial charge in [0.05, 0.1) is 10.2 Å². The van der Waals surface area contributed by atoms with Crippen LogP contribution in [0.3, 0.4) is 0 Å².